The molecule has 5 heteroatoms. The van der Waals surface area contributed by atoms with E-state index >= 15 is 0 Å². The number of nitrogens with zero attached hydrogens (tertiary/aromatic N) is 2. The van der Waals surface area contributed by atoms with E-state index in [1.807, 2.05) is 4.90 Å². The highest BCUT2D eigenvalue weighted by Gasteiger charge is 2.34. The number of aliphatic hydroxyl groups is 1. The molecule has 0 aromatic rings. The molecule has 90 valence electrons. The van der Waals surface area contributed by atoms with Gasteiger partial charge in [-0.25, -0.2) is 0 Å². The zero-order valence-corrected chi connectivity index (χ0v) is 9.39. The number of aliphatic hydroxyl groups excluding tert-OH is 1. The third kappa shape index (κ3) is 2.52. The predicted octanol–water partition coefficient (Wildman–Crippen LogP) is -0.550. The Morgan fingerprint density at radius 3 is 2.12 bits per heavy atom. The summed E-state index contributed by atoms with van der Waals surface area (Å²) in [5, 5.41) is 8.68. The Bertz CT molecular complexity index is 281. The minimum atomic E-state index is -0.0972. The summed E-state index contributed by atoms with van der Waals surface area (Å²) in [7, 11) is 0. The first-order chi connectivity index (χ1) is 7.72. The smallest absolute Gasteiger partial charge is 0.225 e. The van der Waals surface area contributed by atoms with Crippen LogP contribution in [0.4, 0.5) is 0 Å². The molecule has 0 spiro atoms. The lowest BCUT2D eigenvalue weighted by molar-refractivity contribution is -0.140. The number of rotatable bonds is 3. The third-order valence-corrected chi connectivity index (χ3v) is 3.20. The maximum Gasteiger partial charge on any atom is 0.225 e. The van der Waals surface area contributed by atoms with Crippen LogP contribution in [0.2, 0.25) is 0 Å². The van der Waals surface area contributed by atoms with Gasteiger partial charge in [-0.1, -0.05) is 0 Å². The number of hydrogen-bond acceptors (Lipinski definition) is 3. The molecule has 1 aliphatic heterocycles. The summed E-state index contributed by atoms with van der Waals surface area (Å²) in [5.41, 5.74) is 0. The zero-order chi connectivity index (χ0) is 11.5. The van der Waals surface area contributed by atoms with E-state index < -0.39 is 0 Å². The maximum absolute atomic E-state index is 11.7. The third-order valence-electron chi connectivity index (χ3n) is 3.20. The number of carbonyl (C=O) groups is 2. The van der Waals surface area contributed by atoms with Gasteiger partial charge in [-0.3, -0.25) is 9.59 Å². The van der Waals surface area contributed by atoms with Crippen LogP contribution in [-0.2, 0) is 9.59 Å². The van der Waals surface area contributed by atoms with Crippen molar-refractivity contribution in [3.8, 4) is 0 Å². The van der Waals surface area contributed by atoms with Gasteiger partial charge in [0.05, 0.1) is 6.61 Å². The lowest BCUT2D eigenvalue weighted by Crippen LogP contribution is -2.51. The van der Waals surface area contributed by atoms with Crippen LogP contribution in [0.1, 0.15) is 19.3 Å². The molecule has 2 fully saturated rings. The first kappa shape index (κ1) is 11.4. The van der Waals surface area contributed by atoms with E-state index in [2.05, 4.69) is 0 Å². The lowest BCUT2D eigenvalue weighted by atomic mass is 10.2. The quantitative estimate of drug-likeness (QED) is 0.702. The topological polar surface area (TPSA) is 60.9 Å². The van der Waals surface area contributed by atoms with Gasteiger partial charge in [0, 0.05) is 38.5 Å². The van der Waals surface area contributed by atoms with Crippen LogP contribution in [0.25, 0.3) is 0 Å². The molecule has 0 aromatic heterocycles. The molecule has 0 unspecified atom stereocenters. The van der Waals surface area contributed by atoms with Crippen LogP contribution >= 0.6 is 0 Å². The summed E-state index contributed by atoms with van der Waals surface area (Å²) in [5.74, 6) is 0.509. The second kappa shape index (κ2) is 4.82. The number of amides is 2. The first-order valence-corrected chi connectivity index (χ1v) is 5.90. The first-order valence-electron chi connectivity index (χ1n) is 5.90. The lowest BCUT2D eigenvalue weighted by Gasteiger charge is -2.34. The Morgan fingerprint density at radius 1 is 1.06 bits per heavy atom. The summed E-state index contributed by atoms with van der Waals surface area (Å²) >= 11 is 0. The van der Waals surface area contributed by atoms with Crippen molar-refractivity contribution in [2.24, 2.45) is 5.92 Å². The molecule has 2 aliphatic rings. The molecule has 0 radical (unpaired) electrons. The Morgan fingerprint density at radius 2 is 1.62 bits per heavy atom. The number of carbonyl (C=O) groups excluding carboxylic acids is 2. The maximum atomic E-state index is 11.7. The summed E-state index contributed by atoms with van der Waals surface area (Å²) < 4.78 is 0. The molecule has 2 amide bonds. The van der Waals surface area contributed by atoms with E-state index in [4.69, 9.17) is 5.11 Å². The van der Waals surface area contributed by atoms with Gasteiger partial charge in [0.15, 0.2) is 0 Å². The van der Waals surface area contributed by atoms with Gasteiger partial charge < -0.3 is 14.9 Å². The van der Waals surface area contributed by atoms with E-state index in [1.54, 1.807) is 4.90 Å². The van der Waals surface area contributed by atoms with Crippen LogP contribution in [-0.4, -0.2) is 59.5 Å². The number of piperazine rings is 1. The Balaban J connectivity index is 1.77. The predicted molar refractivity (Wildman–Crippen MR) is 57.6 cm³/mol. The van der Waals surface area contributed by atoms with Crippen LogP contribution in [0.3, 0.4) is 0 Å². The summed E-state index contributed by atoms with van der Waals surface area (Å²) in [6, 6.07) is 0. The Kier molecular flexibility index (Phi) is 3.43. The van der Waals surface area contributed by atoms with E-state index in [-0.39, 0.29) is 30.8 Å². The van der Waals surface area contributed by atoms with Gasteiger partial charge in [0.2, 0.25) is 11.8 Å². The average Bonchev–Trinajstić information content (AvgIpc) is 3.12. The monoisotopic (exact) mass is 226 g/mol. The van der Waals surface area contributed by atoms with Crippen molar-refractivity contribution in [2.75, 3.05) is 32.8 Å². The van der Waals surface area contributed by atoms with Crippen LogP contribution in [0.15, 0.2) is 0 Å². The van der Waals surface area contributed by atoms with Crippen molar-refractivity contribution in [1.82, 2.24) is 9.80 Å². The number of hydrogen-bond donors (Lipinski definition) is 1. The highest BCUT2D eigenvalue weighted by molar-refractivity contribution is 5.81. The zero-order valence-electron chi connectivity index (χ0n) is 9.39. The molecule has 0 bridgehead atoms. The van der Waals surface area contributed by atoms with Gasteiger partial charge in [0.25, 0.3) is 0 Å². The van der Waals surface area contributed by atoms with E-state index in [9.17, 15) is 9.59 Å². The molecule has 5 nitrogen and oxygen atoms in total. The van der Waals surface area contributed by atoms with Crippen molar-refractivity contribution in [3.63, 3.8) is 0 Å². The largest absolute Gasteiger partial charge is 0.396 e. The molecule has 1 heterocycles. The highest BCUT2D eigenvalue weighted by atomic mass is 16.3. The highest BCUT2D eigenvalue weighted by Crippen LogP contribution is 2.31. The molecule has 0 atom stereocenters. The molecular weight excluding hydrogens is 208 g/mol. The van der Waals surface area contributed by atoms with Crippen molar-refractivity contribution >= 4 is 11.8 Å². The van der Waals surface area contributed by atoms with Crippen molar-refractivity contribution in [3.05, 3.63) is 0 Å². The second-order valence-electron chi connectivity index (χ2n) is 4.45. The molecule has 1 saturated heterocycles. The fourth-order valence-electron chi connectivity index (χ4n) is 2.02. The molecule has 1 saturated carbocycles. The minimum absolute atomic E-state index is 0.0129. The van der Waals surface area contributed by atoms with Crippen LogP contribution in [0, 0.1) is 5.92 Å². The fourth-order valence-corrected chi connectivity index (χ4v) is 2.02. The van der Waals surface area contributed by atoms with Gasteiger partial charge in [-0.15, -0.1) is 0 Å². The van der Waals surface area contributed by atoms with Crippen molar-refractivity contribution in [2.45, 2.75) is 19.3 Å². The molecule has 1 N–H and O–H groups in total. The van der Waals surface area contributed by atoms with E-state index in [0.717, 1.165) is 12.8 Å². The average molecular weight is 226 g/mol. The SMILES string of the molecule is O=C(CCO)N1CCN(C(=O)C2CC2)CC1. The summed E-state index contributed by atoms with van der Waals surface area (Å²) in [6.45, 7) is 2.41. The molecule has 0 aromatic carbocycles. The van der Waals surface area contributed by atoms with Crippen LogP contribution in [0.5, 0.6) is 0 Å². The van der Waals surface area contributed by atoms with Gasteiger partial charge in [-0.05, 0) is 12.8 Å². The Labute approximate surface area is 95.0 Å². The summed E-state index contributed by atoms with van der Waals surface area (Å²) in [6.07, 6.45) is 2.25. The molecular formula is C11H18N2O3. The molecule has 1 aliphatic carbocycles. The normalized spacial score (nSPS) is 21.1. The second-order valence-corrected chi connectivity index (χ2v) is 4.45. The summed E-state index contributed by atoms with van der Waals surface area (Å²) in [4.78, 5) is 26.8. The van der Waals surface area contributed by atoms with E-state index in [1.165, 1.54) is 0 Å². The Hall–Kier alpha value is -1.10. The van der Waals surface area contributed by atoms with Crippen LogP contribution < -0.4 is 0 Å². The molecule has 16 heavy (non-hydrogen) atoms. The van der Waals surface area contributed by atoms with Gasteiger partial charge >= 0.3 is 0 Å². The van der Waals surface area contributed by atoms with Gasteiger partial charge in [-0.2, -0.15) is 0 Å². The van der Waals surface area contributed by atoms with Crippen molar-refractivity contribution < 1.29 is 14.7 Å². The van der Waals surface area contributed by atoms with Gasteiger partial charge in [0.1, 0.15) is 0 Å². The van der Waals surface area contributed by atoms with Crippen molar-refractivity contribution in [1.29, 1.82) is 0 Å². The standard InChI is InChI=1S/C11H18N2O3/c14-8-3-10(15)12-4-6-13(7-5-12)11(16)9-1-2-9/h9,14H,1-8H2. The minimum Gasteiger partial charge on any atom is -0.396 e. The fraction of sp³-hybridized carbons (Fsp3) is 0.818. The van der Waals surface area contributed by atoms with E-state index in [0.29, 0.717) is 26.2 Å². The molecule has 2 rings (SSSR count).